The number of aromatic nitrogens is 4. The predicted molar refractivity (Wildman–Crippen MR) is 77.8 cm³/mol. The van der Waals surface area contributed by atoms with Gasteiger partial charge in [0.1, 0.15) is 0 Å². The highest BCUT2D eigenvalue weighted by atomic mass is 32.2. The Morgan fingerprint density at radius 3 is 2.85 bits per heavy atom. The van der Waals surface area contributed by atoms with Gasteiger partial charge in [-0.3, -0.25) is 4.79 Å². The molecule has 0 spiro atoms. The van der Waals surface area contributed by atoms with E-state index >= 15 is 0 Å². The summed E-state index contributed by atoms with van der Waals surface area (Å²) in [7, 11) is 0. The predicted octanol–water partition coefficient (Wildman–Crippen LogP) is 1.67. The number of benzene rings is 1. The normalized spacial score (nSPS) is 12.1. The van der Waals surface area contributed by atoms with E-state index in [2.05, 4.69) is 20.8 Å². The minimum absolute atomic E-state index is 0.000498. The van der Waals surface area contributed by atoms with Crippen molar-refractivity contribution in [1.82, 2.24) is 25.5 Å². The Balaban J connectivity index is 2.08. The number of nitrogens with one attached hydrogen (secondary N) is 1. The number of rotatable bonds is 6. The molecule has 1 aromatic carbocycles. The molecule has 0 radical (unpaired) electrons. The summed E-state index contributed by atoms with van der Waals surface area (Å²) < 4.78 is 1.63. The van der Waals surface area contributed by atoms with Crippen molar-refractivity contribution in [3.8, 4) is 5.69 Å². The lowest BCUT2D eigenvalue weighted by Crippen LogP contribution is -2.31. The van der Waals surface area contributed by atoms with Gasteiger partial charge in [-0.05, 0) is 35.9 Å². The topological polar surface area (TPSA) is 72.7 Å². The van der Waals surface area contributed by atoms with Crippen molar-refractivity contribution in [3.05, 3.63) is 30.3 Å². The van der Waals surface area contributed by atoms with Crippen LogP contribution in [0.3, 0.4) is 0 Å². The summed E-state index contributed by atoms with van der Waals surface area (Å²) in [5.41, 5.74) is 0.876. The Kier molecular flexibility index (Phi) is 5.11. The fourth-order valence-electron chi connectivity index (χ4n) is 1.59. The Labute approximate surface area is 121 Å². The first kappa shape index (κ1) is 14.5. The second-order valence-electron chi connectivity index (χ2n) is 4.26. The largest absolute Gasteiger partial charge is 0.355 e. The zero-order valence-electron chi connectivity index (χ0n) is 11.5. The Hall–Kier alpha value is -1.89. The van der Waals surface area contributed by atoms with E-state index < -0.39 is 0 Å². The van der Waals surface area contributed by atoms with Crippen LogP contribution in [0.2, 0.25) is 0 Å². The molecule has 1 aromatic heterocycles. The average Bonchev–Trinajstić information content (AvgIpc) is 2.93. The van der Waals surface area contributed by atoms with Crippen LogP contribution in [0, 0.1) is 0 Å². The second kappa shape index (κ2) is 7.04. The lowest BCUT2D eigenvalue weighted by molar-refractivity contribution is -0.120. The number of hydrogen-bond acceptors (Lipinski definition) is 5. The van der Waals surface area contributed by atoms with Gasteiger partial charge >= 0.3 is 0 Å². The fraction of sp³-hybridized carbons (Fsp3) is 0.385. The molecule has 0 saturated carbocycles. The first-order chi connectivity index (χ1) is 9.72. The first-order valence-corrected chi connectivity index (χ1v) is 7.38. The SMILES string of the molecule is CCCNC(=O)C(C)Sc1nnnn1-c1ccccc1. The van der Waals surface area contributed by atoms with E-state index in [0.29, 0.717) is 11.7 Å². The summed E-state index contributed by atoms with van der Waals surface area (Å²) in [6.07, 6.45) is 0.922. The van der Waals surface area contributed by atoms with Crippen LogP contribution in [0.5, 0.6) is 0 Å². The number of nitrogens with zero attached hydrogens (tertiary/aromatic N) is 4. The molecular weight excluding hydrogens is 274 g/mol. The number of para-hydroxylation sites is 1. The van der Waals surface area contributed by atoms with Gasteiger partial charge in [0, 0.05) is 6.54 Å². The molecule has 7 heteroatoms. The maximum absolute atomic E-state index is 11.9. The quantitative estimate of drug-likeness (QED) is 0.820. The zero-order valence-corrected chi connectivity index (χ0v) is 12.3. The van der Waals surface area contributed by atoms with E-state index in [1.54, 1.807) is 4.68 Å². The van der Waals surface area contributed by atoms with Crippen molar-refractivity contribution in [2.24, 2.45) is 0 Å². The third kappa shape index (κ3) is 3.57. The molecule has 0 fully saturated rings. The lowest BCUT2D eigenvalue weighted by atomic mass is 10.3. The van der Waals surface area contributed by atoms with Crippen molar-refractivity contribution in [3.63, 3.8) is 0 Å². The van der Waals surface area contributed by atoms with Gasteiger partial charge in [-0.25, -0.2) is 0 Å². The number of thioether (sulfide) groups is 1. The smallest absolute Gasteiger partial charge is 0.233 e. The molecule has 0 aliphatic carbocycles. The Morgan fingerprint density at radius 1 is 1.40 bits per heavy atom. The number of amides is 1. The fourth-order valence-corrected chi connectivity index (χ4v) is 2.42. The van der Waals surface area contributed by atoms with Gasteiger partial charge in [-0.1, -0.05) is 36.9 Å². The van der Waals surface area contributed by atoms with Gasteiger partial charge in [0.25, 0.3) is 0 Å². The van der Waals surface area contributed by atoms with Gasteiger partial charge in [-0.2, -0.15) is 4.68 Å². The van der Waals surface area contributed by atoms with Crippen molar-refractivity contribution >= 4 is 17.7 Å². The molecule has 1 atom stereocenters. The van der Waals surface area contributed by atoms with Crippen LogP contribution >= 0.6 is 11.8 Å². The Morgan fingerprint density at radius 2 is 2.15 bits per heavy atom. The van der Waals surface area contributed by atoms with Crippen LogP contribution in [0.4, 0.5) is 0 Å². The summed E-state index contributed by atoms with van der Waals surface area (Å²) in [5.74, 6) is -0.000498. The van der Waals surface area contributed by atoms with Gasteiger partial charge in [0.15, 0.2) is 0 Å². The standard InChI is InChI=1S/C13H17N5OS/c1-3-9-14-12(19)10(2)20-13-15-16-17-18(13)11-7-5-4-6-8-11/h4-8,10H,3,9H2,1-2H3,(H,14,19). The third-order valence-corrected chi connectivity index (χ3v) is 3.68. The summed E-state index contributed by atoms with van der Waals surface area (Å²) in [6, 6.07) is 9.61. The van der Waals surface area contributed by atoms with Crippen LogP contribution in [0.1, 0.15) is 20.3 Å². The van der Waals surface area contributed by atoms with Crippen LogP contribution in [0.15, 0.2) is 35.5 Å². The molecule has 6 nitrogen and oxygen atoms in total. The first-order valence-electron chi connectivity index (χ1n) is 6.50. The van der Waals surface area contributed by atoms with E-state index in [4.69, 9.17) is 0 Å². The van der Waals surface area contributed by atoms with Gasteiger partial charge in [0.05, 0.1) is 10.9 Å². The molecule has 1 unspecified atom stereocenters. The van der Waals surface area contributed by atoms with Crippen LogP contribution < -0.4 is 5.32 Å². The molecule has 0 saturated heterocycles. The maximum Gasteiger partial charge on any atom is 0.233 e. The summed E-state index contributed by atoms with van der Waals surface area (Å²) in [5, 5.41) is 14.9. The van der Waals surface area contributed by atoms with E-state index in [1.165, 1.54) is 11.8 Å². The molecule has 2 rings (SSSR count). The highest BCUT2D eigenvalue weighted by molar-refractivity contribution is 8.00. The van der Waals surface area contributed by atoms with Crippen LogP contribution in [-0.2, 0) is 4.79 Å². The molecular formula is C13H17N5OS. The minimum atomic E-state index is -0.241. The molecule has 106 valence electrons. The van der Waals surface area contributed by atoms with Gasteiger partial charge in [0.2, 0.25) is 11.1 Å². The highest BCUT2D eigenvalue weighted by Crippen LogP contribution is 2.22. The van der Waals surface area contributed by atoms with Crippen molar-refractivity contribution < 1.29 is 4.79 Å². The van der Waals surface area contributed by atoms with Crippen LogP contribution in [-0.4, -0.2) is 37.9 Å². The van der Waals surface area contributed by atoms with Gasteiger partial charge < -0.3 is 5.32 Å². The second-order valence-corrected chi connectivity index (χ2v) is 5.57. The third-order valence-electron chi connectivity index (χ3n) is 2.64. The minimum Gasteiger partial charge on any atom is -0.355 e. The molecule has 0 aliphatic rings. The summed E-state index contributed by atoms with van der Waals surface area (Å²) >= 11 is 1.35. The van der Waals surface area contributed by atoms with E-state index in [1.807, 2.05) is 44.2 Å². The number of carbonyl (C=O) groups excluding carboxylic acids is 1. The van der Waals surface area contributed by atoms with Crippen molar-refractivity contribution in [1.29, 1.82) is 0 Å². The van der Waals surface area contributed by atoms with E-state index in [9.17, 15) is 4.79 Å². The zero-order chi connectivity index (χ0) is 14.4. The van der Waals surface area contributed by atoms with E-state index in [0.717, 1.165) is 12.1 Å². The average molecular weight is 291 g/mol. The van der Waals surface area contributed by atoms with Crippen molar-refractivity contribution in [2.45, 2.75) is 30.7 Å². The van der Waals surface area contributed by atoms with Gasteiger partial charge in [-0.15, -0.1) is 5.10 Å². The summed E-state index contributed by atoms with van der Waals surface area (Å²) in [4.78, 5) is 11.9. The molecule has 1 N–H and O–H groups in total. The maximum atomic E-state index is 11.9. The monoisotopic (exact) mass is 291 g/mol. The lowest BCUT2D eigenvalue weighted by Gasteiger charge is -2.10. The highest BCUT2D eigenvalue weighted by Gasteiger charge is 2.18. The number of tetrazole rings is 1. The molecule has 1 amide bonds. The number of carbonyl (C=O) groups is 1. The Bertz CT molecular complexity index is 557. The van der Waals surface area contributed by atoms with Crippen LogP contribution in [0.25, 0.3) is 5.69 Å². The molecule has 0 bridgehead atoms. The summed E-state index contributed by atoms with van der Waals surface area (Å²) in [6.45, 7) is 4.56. The molecule has 0 aliphatic heterocycles. The molecule has 1 heterocycles. The van der Waals surface area contributed by atoms with Crippen molar-refractivity contribution in [2.75, 3.05) is 6.54 Å². The van der Waals surface area contributed by atoms with E-state index in [-0.39, 0.29) is 11.2 Å². The molecule has 20 heavy (non-hydrogen) atoms. The number of hydrogen-bond donors (Lipinski definition) is 1. The molecule has 2 aromatic rings.